The molecule has 0 unspecified atom stereocenters. The number of hydrogen-bond donors (Lipinski definition) is 1. The number of aromatic nitrogens is 2. The van der Waals surface area contributed by atoms with Gasteiger partial charge in [0.15, 0.2) is 5.71 Å². The number of rotatable bonds is 3. The molecule has 0 aliphatic heterocycles. The minimum absolute atomic E-state index is 0.121. The largest absolute Gasteiger partial charge is 0.410 e. The standard InChI is InChI=1S/C12H9N3O2/c16-12(10-6-2-4-8-14-10)11(15-17)9-5-1-3-7-13-9/h1-8,17H/b15-11+. The summed E-state index contributed by atoms with van der Waals surface area (Å²) < 4.78 is 0. The van der Waals surface area contributed by atoms with Crippen molar-refractivity contribution in [2.75, 3.05) is 0 Å². The molecule has 0 bridgehead atoms. The second-order valence-electron chi connectivity index (χ2n) is 3.21. The van der Waals surface area contributed by atoms with Crippen molar-refractivity contribution >= 4 is 11.5 Å². The zero-order valence-electron chi connectivity index (χ0n) is 8.82. The summed E-state index contributed by atoms with van der Waals surface area (Å²) in [6, 6.07) is 9.95. The van der Waals surface area contributed by atoms with E-state index < -0.39 is 5.78 Å². The fourth-order valence-corrected chi connectivity index (χ4v) is 1.33. The molecule has 2 heterocycles. The van der Waals surface area contributed by atoms with Crippen LogP contribution in [0.25, 0.3) is 0 Å². The second kappa shape index (κ2) is 4.98. The fraction of sp³-hybridized carbons (Fsp3) is 0. The van der Waals surface area contributed by atoms with Gasteiger partial charge in [0.2, 0.25) is 5.78 Å². The van der Waals surface area contributed by atoms with Crippen molar-refractivity contribution in [1.29, 1.82) is 0 Å². The first kappa shape index (κ1) is 10.9. The van der Waals surface area contributed by atoms with Crippen LogP contribution in [0.15, 0.2) is 53.9 Å². The van der Waals surface area contributed by atoms with Crippen LogP contribution in [0.2, 0.25) is 0 Å². The molecule has 1 N–H and O–H groups in total. The summed E-state index contributed by atoms with van der Waals surface area (Å²) in [7, 11) is 0. The number of ketones is 1. The lowest BCUT2D eigenvalue weighted by Gasteiger charge is -2.01. The number of oxime groups is 1. The normalized spacial score (nSPS) is 11.2. The molecule has 2 aromatic heterocycles. The molecule has 0 amide bonds. The summed E-state index contributed by atoms with van der Waals surface area (Å²) in [4.78, 5) is 19.8. The van der Waals surface area contributed by atoms with Gasteiger partial charge >= 0.3 is 0 Å². The van der Waals surface area contributed by atoms with Gasteiger partial charge in [0.05, 0.1) is 5.69 Å². The molecule has 2 rings (SSSR count). The van der Waals surface area contributed by atoms with Gasteiger partial charge in [-0.3, -0.25) is 14.8 Å². The molecule has 2 aromatic rings. The highest BCUT2D eigenvalue weighted by Crippen LogP contribution is 2.04. The van der Waals surface area contributed by atoms with E-state index in [4.69, 9.17) is 5.21 Å². The number of carbonyl (C=O) groups excluding carboxylic acids is 1. The molecule has 5 heteroatoms. The maximum Gasteiger partial charge on any atom is 0.235 e. The molecule has 0 aromatic carbocycles. The fourth-order valence-electron chi connectivity index (χ4n) is 1.33. The highest BCUT2D eigenvalue weighted by atomic mass is 16.4. The van der Waals surface area contributed by atoms with Crippen LogP contribution < -0.4 is 0 Å². The van der Waals surface area contributed by atoms with Crippen molar-refractivity contribution in [3.63, 3.8) is 0 Å². The first-order valence-corrected chi connectivity index (χ1v) is 4.92. The Hall–Kier alpha value is -2.56. The predicted molar refractivity (Wildman–Crippen MR) is 61.1 cm³/mol. The minimum atomic E-state index is -0.466. The van der Waals surface area contributed by atoms with Crippen LogP contribution in [0.4, 0.5) is 0 Å². The lowest BCUT2D eigenvalue weighted by atomic mass is 10.1. The molecule has 0 radical (unpaired) electrons. The van der Waals surface area contributed by atoms with Crippen LogP contribution in [0.1, 0.15) is 16.2 Å². The SMILES string of the molecule is O=C(/C(=N/O)c1ccccn1)c1ccccn1. The number of Topliss-reactive ketones (excluding diaryl/α,β-unsaturated/α-hetero) is 1. The summed E-state index contributed by atoms with van der Waals surface area (Å²) in [5.74, 6) is -0.466. The van der Waals surface area contributed by atoms with Crippen LogP contribution in [0.3, 0.4) is 0 Å². The molecule has 5 nitrogen and oxygen atoms in total. The quantitative estimate of drug-likeness (QED) is 0.373. The van der Waals surface area contributed by atoms with E-state index in [-0.39, 0.29) is 11.4 Å². The third kappa shape index (κ3) is 2.34. The Morgan fingerprint density at radius 3 is 2.06 bits per heavy atom. The van der Waals surface area contributed by atoms with E-state index in [1.807, 2.05) is 0 Å². The average Bonchev–Trinajstić information content (AvgIpc) is 2.42. The molecule has 0 atom stereocenters. The lowest BCUT2D eigenvalue weighted by molar-refractivity contribution is 0.105. The maximum absolute atomic E-state index is 12.0. The molecular weight excluding hydrogens is 218 g/mol. The topological polar surface area (TPSA) is 75.4 Å². The average molecular weight is 227 g/mol. The third-order valence-electron chi connectivity index (χ3n) is 2.12. The van der Waals surface area contributed by atoms with Crippen molar-refractivity contribution in [2.24, 2.45) is 5.16 Å². The molecule has 0 spiro atoms. The Balaban J connectivity index is 2.37. The summed E-state index contributed by atoms with van der Waals surface area (Å²) in [6.45, 7) is 0. The summed E-state index contributed by atoms with van der Waals surface area (Å²) in [6.07, 6.45) is 3.02. The van der Waals surface area contributed by atoms with Crippen LogP contribution >= 0.6 is 0 Å². The smallest absolute Gasteiger partial charge is 0.235 e. The lowest BCUT2D eigenvalue weighted by Crippen LogP contribution is -2.18. The van der Waals surface area contributed by atoms with Crippen LogP contribution in [0, 0.1) is 0 Å². The van der Waals surface area contributed by atoms with E-state index in [9.17, 15) is 4.79 Å². The first-order valence-electron chi connectivity index (χ1n) is 4.92. The van der Waals surface area contributed by atoms with Gasteiger partial charge in [0.25, 0.3) is 0 Å². The van der Waals surface area contributed by atoms with Gasteiger partial charge < -0.3 is 5.21 Å². The van der Waals surface area contributed by atoms with Crippen LogP contribution in [-0.4, -0.2) is 26.7 Å². The maximum atomic E-state index is 12.0. The molecule has 17 heavy (non-hydrogen) atoms. The zero-order chi connectivity index (χ0) is 12.1. The van der Waals surface area contributed by atoms with E-state index in [0.717, 1.165) is 0 Å². The zero-order valence-corrected chi connectivity index (χ0v) is 8.82. The van der Waals surface area contributed by atoms with Crippen molar-refractivity contribution in [3.8, 4) is 0 Å². The Labute approximate surface area is 97.5 Å². The van der Waals surface area contributed by atoms with Gasteiger partial charge in [-0.05, 0) is 24.3 Å². The Morgan fingerprint density at radius 1 is 1.00 bits per heavy atom. The summed E-state index contributed by atoms with van der Waals surface area (Å²) >= 11 is 0. The highest BCUT2D eigenvalue weighted by Gasteiger charge is 2.18. The highest BCUT2D eigenvalue weighted by molar-refractivity contribution is 6.50. The van der Waals surface area contributed by atoms with E-state index >= 15 is 0 Å². The number of nitrogens with zero attached hydrogens (tertiary/aromatic N) is 3. The molecule has 0 saturated carbocycles. The predicted octanol–water partition coefficient (Wildman–Crippen LogP) is 1.54. The Bertz CT molecular complexity index is 538. The molecular formula is C12H9N3O2. The van der Waals surface area contributed by atoms with Gasteiger partial charge in [-0.15, -0.1) is 0 Å². The first-order chi connectivity index (χ1) is 8.33. The van der Waals surface area contributed by atoms with Gasteiger partial charge in [-0.1, -0.05) is 17.3 Å². The van der Waals surface area contributed by atoms with E-state index in [1.165, 1.54) is 12.4 Å². The molecule has 0 aliphatic rings. The van der Waals surface area contributed by atoms with Crippen LogP contribution in [0.5, 0.6) is 0 Å². The summed E-state index contributed by atoms with van der Waals surface area (Å²) in [5.41, 5.74) is 0.404. The van der Waals surface area contributed by atoms with E-state index in [2.05, 4.69) is 15.1 Å². The second-order valence-corrected chi connectivity index (χ2v) is 3.21. The summed E-state index contributed by atoms with van der Waals surface area (Å²) in [5, 5.41) is 11.9. The Morgan fingerprint density at radius 2 is 1.59 bits per heavy atom. The number of pyridine rings is 2. The Kier molecular flexibility index (Phi) is 3.20. The minimum Gasteiger partial charge on any atom is -0.410 e. The molecule has 0 saturated heterocycles. The van der Waals surface area contributed by atoms with Crippen molar-refractivity contribution in [1.82, 2.24) is 9.97 Å². The van der Waals surface area contributed by atoms with Gasteiger partial charge in [-0.25, -0.2) is 0 Å². The van der Waals surface area contributed by atoms with Gasteiger partial charge in [-0.2, -0.15) is 0 Å². The monoisotopic (exact) mass is 227 g/mol. The van der Waals surface area contributed by atoms with Crippen molar-refractivity contribution < 1.29 is 10.0 Å². The van der Waals surface area contributed by atoms with Crippen molar-refractivity contribution in [2.45, 2.75) is 0 Å². The van der Waals surface area contributed by atoms with Crippen molar-refractivity contribution in [3.05, 3.63) is 60.2 Å². The molecule has 0 fully saturated rings. The van der Waals surface area contributed by atoms with Gasteiger partial charge in [0.1, 0.15) is 5.69 Å². The molecule has 0 aliphatic carbocycles. The van der Waals surface area contributed by atoms with E-state index in [1.54, 1.807) is 36.4 Å². The van der Waals surface area contributed by atoms with E-state index in [0.29, 0.717) is 5.69 Å². The molecule has 84 valence electrons. The van der Waals surface area contributed by atoms with Crippen LogP contribution in [-0.2, 0) is 0 Å². The van der Waals surface area contributed by atoms with Gasteiger partial charge in [0, 0.05) is 12.4 Å². The number of hydrogen-bond acceptors (Lipinski definition) is 5. The number of carbonyl (C=O) groups is 1. The third-order valence-corrected chi connectivity index (χ3v) is 2.12.